The first-order valence-corrected chi connectivity index (χ1v) is 11.7. The first-order chi connectivity index (χ1) is 14.7. The second-order valence-corrected chi connectivity index (χ2v) is 7.99. The summed E-state index contributed by atoms with van der Waals surface area (Å²) >= 11 is 0. The van der Waals surface area contributed by atoms with Crippen LogP contribution in [0, 0.1) is 0 Å². The predicted octanol–water partition coefficient (Wildman–Crippen LogP) is 2.34. The quantitative estimate of drug-likeness (QED) is 0.181. The van der Waals surface area contributed by atoms with Crippen LogP contribution >= 0.6 is 21.6 Å². The Morgan fingerprint density at radius 3 is 2.47 bits per heavy atom. The highest BCUT2D eigenvalue weighted by atomic mass is 33.1. The number of aliphatic carboxylic acids is 1. The van der Waals surface area contributed by atoms with Gasteiger partial charge in [0.25, 0.3) is 0 Å². The van der Waals surface area contributed by atoms with E-state index in [4.69, 9.17) is 24.1 Å². The molecule has 0 spiro atoms. The van der Waals surface area contributed by atoms with E-state index in [0.717, 1.165) is 5.03 Å². The van der Waals surface area contributed by atoms with Crippen molar-refractivity contribution in [3.8, 4) is 0 Å². The van der Waals surface area contributed by atoms with Crippen LogP contribution in [-0.2, 0) is 28.5 Å². The molecule has 168 valence electrons. The molecule has 0 fully saturated rings. The first-order valence-electron chi connectivity index (χ1n) is 9.41. The third-order valence-electron chi connectivity index (χ3n) is 3.16. The lowest BCUT2D eigenvalue weighted by Gasteiger charge is -2.07. The molecule has 30 heavy (non-hydrogen) atoms. The van der Waals surface area contributed by atoms with Crippen molar-refractivity contribution >= 4 is 33.5 Å². The molecule has 0 saturated carbocycles. The van der Waals surface area contributed by atoms with Crippen molar-refractivity contribution in [3.05, 3.63) is 36.9 Å². The molecular weight excluding hydrogens is 432 g/mol. The number of pyridine rings is 1. The maximum Gasteiger partial charge on any atom is 0.306 e. The van der Waals surface area contributed by atoms with E-state index >= 15 is 0 Å². The van der Waals surface area contributed by atoms with Gasteiger partial charge in [0.15, 0.2) is 0 Å². The molecule has 1 aromatic rings. The van der Waals surface area contributed by atoms with Gasteiger partial charge in [-0.2, -0.15) is 0 Å². The van der Waals surface area contributed by atoms with Crippen LogP contribution in [0.25, 0.3) is 0 Å². The average Bonchev–Trinajstić information content (AvgIpc) is 2.74. The van der Waals surface area contributed by atoms with Gasteiger partial charge in [0, 0.05) is 24.9 Å². The van der Waals surface area contributed by atoms with Gasteiger partial charge >= 0.3 is 5.97 Å². The predicted molar refractivity (Wildman–Crippen MR) is 115 cm³/mol. The lowest BCUT2D eigenvalue weighted by molar-refractivity contribution is -0.137. The van der Waals surface area contributed by atoms with E-state index < -0.39 is 5.97 Å². The number of nitrogens with zero attached hydrogens (tertiary/aromatic N) is 1. The maximum absolute atomic E-state index is 11.7. The molecule has 0 aliphatic heterocycles. The first kappa shape index (κ1) is 26.1. The van der Waals surface area contributed by atoms with E-state index in [0.29, 0.717) is 51.8 Å². The summed E-state index contributed by atoms with van der Waals surface area (Å²) in [7, 11) is 3.16. The molecular formula is C19H28N2O7S2. The number of aromatic nitrogens is 1. The Bertz CT molecular complexity index is 606. The molecule has 1 rings (SSSR count). The van der Waals surface area contributed by atoms with Gasteiger partial charge in [-0.3, -0.25) is 9.59 Å². The topological polar surface area (TPSA) is 116 Å². The molecule has 1 aromatic heterocycles. The Balaban J connectivity index is 1.79. The van der Waals surface area contributed by atoms with Crippen LogP contribution in [0.3, 0.4) is 0 Å². The number of ether oxygens (including phenoxy) is 4. The number of hydrogen-bond acceptors (Lipinski definition) is 9. The summed E-state index contributed by atoms with van der Waals surface area (Å²) in [4.78, 5) is 26.2. The van der Waals surface area contributed by atoms with E-state index in [-0.39, 0.29) is 18.9 Å². The lowest BCUT2D eigenvalue weighted by atomic mass is 10.4. The Kier molecular flexibility index (Phi) is 16.6. The summed E-state index contributed by atoms with van der Waals surface area (Å²) in [6.07, 6.45) is 4.80. The molecule has 0 aromatic carbocycles. The zero-order valence-electron chi connectivity index (χ0n) is 16.7. The fraction of sp³-hybridized carbons (Fsp3) is 0.526. The van der Waals surface area contributed by atoms with Gasteiger partial charge < -0.3 is 29.4 Å². The van der Waals surface area contributed by atoms with Crippen molar-refractivity contribution in [1.29, 1.82) is 0 Å². The average molecular weight is 461 g/mol. The number of carboxylic acid groups (broad SMARTS) is 1. The van der Waals surface area contributed by atoms with Gasteiger partial charge in [0.1, 0.15) is 24.2 Å². The van der Waals surface area contributed by atoms with Crippen LogP contribution in [0.2, 0.25) is 0 Å². The SMILES string of the molecule is O=C(O)CCOC=COCCOCCOCCNC(=O)CCSSc1ccccn1. The molecule has 1 heterocycles. The third-order valence-corrected chi connectivity index (χ3v) is 5.43. The molecule has 0 radical (unpaired) electrons. The maximum atomic E-state index is 11.7. The molecule has 1 amide bonds. The minimum atomic E-state index is -0.909. The minimum absolute atomic E-state index is 0.00103. The number of carbonyl (C=O) groups is 2. The van der Waals surface area contributed by atoms with E-state index in [2.05, 4.69) is 10.3 Å². The van der Waals surface area contributed by atoms with Crippen molar-refractivity contribution in [3.63, 3.8) is 0 Å². The summed E-state index contributed by atoms with van der Waals surface area (Å²) in [5, 5.41) is 12.2. The Morgan fingerprint density at radius 2 is 1.73 bits per heavy atom. The normalized spacial score (nSPS) is 10.8. The number of rotatable bonds is 19. The fourth-order valence-corrected chi connectivity index (χ4v) is 3.64. The number of carbonyl (C=O) groups excluding carboxylic acids is 1. The summed E-state index contributed by atoms with van der Waals surface area (Å²) in [6.45, 7) is 2.61. The van der Waals surface area contributed by atoms with Crippen LogP contribution in [0.15, 0.2) is 41.9 Å². The van der Waals surface area contributed by atoms with Gasteiger partial charge in [-0.05, 0) is 22.9 Å². The van der Waals surface area contributed by atoms with Gasteiger partial charge in [-0.1, -0.05) is 16.9 Å². The van der Waals surface area contributed by atoms with Crippen molar-refractivity contribution in [2.75, 3.05) is 51.9 Å². The van der Waals surface area contributed by atoms with E-state index in [1.54, 1.807) is 27.8 Å². The van der Waals surface area contributed by atoms with Crippen LogP contribution in [0.5, 0.6) is 0 Å². The van der Waals surface area contributed by atoms with Crippen molar-refractivity contribution in [2.45, 2.75) is 17.9 Å². The zero-order chi connectivity index (χ0) is 21.7. The zero-order valence-corrected chi connectivity index (χ0v) is 18.3. The second kappa shape index (κ2) is 19.0. The standard InChI is InChI=1S/C19H28N2O7S2/c22-17(5-16-29-30-18-3-1-2-6-21-18)20-7-9-26-11-13-28-15-14-27-12-10-25-8-4-19(23)24/h1-3,6,10,12H,4-5,7-9,11,13-16H2,(H,20,22)(H,23,24). The highest BCUT2D eigenvalue weighted by molar-refractivity contribution is 8.76. The van der Waals surface area contributed by atoms with Crippen LogP contribution < -0.4 is 5.32 Å². The number of nitrogens with one attached hydrogen (secondary N) is 1. The third kappa shape index (κ3) is 17.0. The smallest absolute Gasteiger partial charge is 0.306 e. The summed E-state index contributed by atoms with van der Waals surface area (Å²) < 4.78 is 20.7. The Morgan fingerprint density at radius 1 is 1.00 bits per heavy atom. The number of carboxylic acids is 1. The Labute approximate surface area is 184 Å². The molecule has 0 unspecified atom stereocenters. The van der Waals surface area contributed by atoms with E-state index in [1.807, 2.05) is 18.2 Å². The molecule has 0 bridgehead atoms. The van der Waals surface area contributed by atoms with Crippen molar-refractivity contribution in [2.24, 2.45) is 0 Å². The second-order valence-electron chi connectivity index (χ2n) is 5.56. The highest BCUT2D eigenvalue weighted by Gasteiger charge is 2.02. The number of hydrogen-bond donors (Lipinski definition) is 2. The monoisotopic (exact) mass is 460 g/mol. The molecule has 0 aliphatic carbocycles. The summed E-state index contributed by atoms with van der Waals surface area (Å²) in [5.41, 5.74) is 0. The van der Waals surface area contributed by atoms with E-state index in [9.17, 15) is 9.59 Å². The van der Waals surface area contributed by atoms with Gasteiger partial charge in [-0.25, -0.2) is 4.98 Å². The van der Waals surface area contributed by atoms with Crippen LogP contribution in [-0.4, -0.2) is 73.9 Å². The summed E-state index contributed by atoms with van der Waals surface area (Å²) in [6, 6.07) is 5.74. The lowest BCUT2D eigenvalue weighted by Crippen LogP contribution is -2.27. The van der Waals surface area contributed by atoms with E-state index in [1.165, 1.54) is 12.5 Å². The molecule has 0 aliphatic rings. The molecule has 0 atom stereocenters. The summed E-state index contributed by atoms with van der Waals surface area (Å²) in [5.74, 6) is -0.192. The van der Waals surface area contributed by atoms with Gasteiger partial charge in [0.05, 0.1) is 39.5 Å². The van der Waals surface area contributed by atoms with Crippen molar-refractivity contribution in [1.82, 2.24) is 10.3 Å². The highest BCUT2D eigenvalue weighted by Crippen LogP contribution is 2.29. The van der Waals surface area contributed by atoms with Crippen LogP contribution in [0.4, 0.5) is 0 Å². The fourth-order valence-electron chi connectivity index (χ4n) is 1.77. The van der Waals surface area contributed by atoms with Crippen LogP contribution in [0.1, 0.15) is 12.8 Å². The minimum Gasteiger partial charge on any atom is -0.497 e. The largest absolute Gasteiger partial charge is 0.497 e. The van der Waals surface area contributed by atoms with Crippen molar-refractivity contribution < 1.29 is 33.6 Å². The van der Waals surface area contributed by atoms with Gasteiger partial charge in [-0.15, -0.1) is 0 Å². The molecule has 2 N–H and O–H groups in total. The Hall–Kier alpha value is -1.95. The molecule has 11 heteroatoms. The van der Waals surface area contributed by atoms with Gasteiger partial charge in [0.2, 0.25) is 5.91 Å². The molecule has 9 nitrogen and oxygen atoms in total. The number of amides is 1. The molecule has 0 saturated heterocycles.